The minimum Gasteiger partial charge on any atom is -0.493 e. The van der Waals surface area contributed by atoms with E-state index in [1.165, 1.54) is 23.1 Å². The van der Waals surface area contributed by atoms with Gasteiger partial charge in [-0.15, -0.1) is 0 Å². The zero-order chi connectivity index (χ0) is 14.6. The summed E-state index contributed by atoms with van der Waals surface area (Å²) in [5, 5.41) is 0. The number of hydrogen-bond donors (Lipinski definition) is 0. The molecule has 0 aromatic heterocycles. The van der Waals surface area contributed by atoms with Crippen molar-refractivity contribution < 1.29 is 4.74 Å². The summed E-state index contributed by atoms with van der Waals surface area (Å²) in [6.07, 6.45) is 2.32. The Morgan fingerprint density at radius 1 is 0.889 bits per heavy atom. The molecule has 0 fully saturated rings. The molecule has 0 saturated heterocycles. The predicted octanol–water partition coefficient (Wildman–Crippen LogP) is 5.84. The van der Waals surface area contributed by atoms with E-state index < -0.39 is 0 Å². The van der Waals surface area contributed by atoms with Gasteiger partial charge >= 0.3 is 0 Å². The summed E-state index contributed by atoms with van der Waals surface area (Å²) in [7, 11) is 0. The molecule has 106 valence electrons. The molecular formula is C17H32O. The second-order valence-electron chi connectivity index (χ2n) is 3.93. The first kappa shape index (κ1) is 19.4. The predicted molar refractivity (Wildman–Crippen MR) is 83.8 cm³/mol. The van der Waals surface area contributed by atoms with Gasteiger partial charge in [0.15, 0.2) is 0 Å². The largest absolute Gasteiger partial charge is 0.493 e. The summed E-state index contributed by atoms with van der Waals surface area (Å²) in [5.41, 5.74) is 3.81. The molecule has 0 aliphatic rings. The van der Waals surface area contributed by atoms with Crippen LogP contribution < -0.4 is 4.74 Å². The Balaban J connectivity index is 0. The first-order valence-corrected chi connectivity index (χ1v) is 7.35. The lowest BCUT2D eigenvalue weighted by atomic mass is 10.1. The van der Waals surface area contributed by atoms with Crippen molar-refractivity contribution in [2.24, 2.45) is 0 Å². The molecule has 0 unspecified atom stereocenters. The first-order chi connectivity index (χ1) is 8.65. The van der Waals surface area contributed by atoms with Gasteiger partial charge in [0.05, 0.1) is 6.61 Å². The van der Waals surface area contributed by atoms with Crippen LogP contribution in [0, 0.1) is 20.8 Å². The summed E-state index contributed by atoms with van der Waals surface area (Å²) < 4.78 is 5.76. The fraction of sp³-hybridized carbons (Fsp3) is 0.647. The molecule has 0 atom stereocenters. The minimum absolute atomic E-state index is 0.835. The Hall–Kier alpha value is -0.980. The fourth-order valence-electron chi connectivity index (χ4n) is 1.71. The Kier molecular flexibility index (Phi) is 13.4. The maximum absolute atomic E-state index is 5.76. The van der Waals surface area contributed by atoms with Crippen LogP contribution in [-0.4, -0.2) is 6.61 Å². The number of hydrogen-bond acceptors (Lipinski definition) is 1. The van der Waals surface area contributed by atoms with E-state index >= 15 is 0 Å². The molecule has 1 heteroatoms. The smallest absolute Gasteiger partial charge is 0.125 e. The van der Waals surface area contributed by atoms with Gasteiger partial charge < -0.3 is 4.74 Å². The summed E-state index contributed by atoms with van der Waals surface area (Å²) in [6, 6.07) is 4.35. The molecule has 0 amide bonds. The van der Waals surface area contributed by atoms with Gasteiger partial charge in [-0.3, -0.25) is 0 Å². The van der Waals surface area contributed by atoms with Crippen molar-refractivity contribution in [1.82, 2.24) is 0 Å². The van der Waals surface area contributed by atoms with Crippen molar-refractivity contribution in [1.29, 1.82) is 0 Å². The highest BCUT2D eigenvalue weighted by atomic mass is 16.5. The SMILES string of the molecule is CC.CC.CCCCOc1c(C)cc(C)cc1C. The van der Waals surface area contributed by atoms with Gasteiger partial charge in [0, 0.05) is 0 Å². The highest BCUT2D eigenvalue weighted by Gasteiger charge is 2.03. The topological polar surface area (TPSA) is 9.23 Å². The van der Waals surface area contributed by atoms with Gasteiger partial charge in [-0.05, 0) is 38.3 Å². The van der Waals surface area contributed by atoms with Crippen molar-refractivity contribution in [3.05, 3.63) is 28.8 Å². The lowest BCUT2D eigenvalue weighted by Crippen LogP contribution is -2.00. The molecule has 1 aromatic rings. The first-order valence-electron chi connectivity index (χ1n) is 7.35. The second-order valence-corrected chi connectivity index (χ2v) is 3.93. The number of aryl methyl sites for hydroxylation is 3. The molecule has 0 N–H and O–H groups in total. The third-order valence-corrected chi connectivity index (χ3v) is 2.35. The van der Waals surface area contributed by atoms with E-state index in [2.05, 4.69) is 39.8 Å². The minimum atomic E-state index is 0.835. The van der Waals surface area contributed by atoms with Crippen LogP contribution in [0.1, 0.15) is 64.2 Å². The molecule has 0 aliphatic heterocycles. The summed E-state index contributed by atoms with van der Waals surface area (Å²) in [6.45, 7) is 17.4. The van der Waals surface area contributed by atoms with Crippen molar-refractivity contribution in [2.45, 2.75) is 68.2 Å². The van der Waals surface area contributed by atoms with E-state index in [1.807, 2.05) is 27.7 Å². The molecular weight excluding hydrogens is 220 g/mol. The Morgan fingerprint density at radius 3 is 1.72 bits per heavy atom. The molecule has 0 heterocycles. The highest BCUT2D eigenvalue weighted by Crippen LogP contribution is 2.24. The lowest BCUT2D eigenvalue weighted by Gasteiger charge is -2.12. The van der Waals surface area contributed by atoms with E-state index in [-0.39, 0.29) is 0 Å². The van der Waals surface area contributed by atoms with Gasteiger partial charge in [-0.25, -0.2) is 0 Å². The Morgan fingerprint density at radius 2 is 1.33 bits per heavy atom. The average molecular weight is 252 g/mol. The quantitative estimate of drug-likeness (QED) is 0.611. The zero-order valence-corrected chi connectivity index (χ0v) is 13.7. The van der Waals surface area contributed by atoms with Crippen LogP contribution in [0.3, 0.4) is 0 Å². The molecule has 1 nitrogen and oxygen atoms in total. The van der Waals surface area contributed by atoms with Gasteiger partial charge in [0.2, 0.25) is 0 Å². The molecule has 0 aliphatic carbocycles. The van der Waals surface area contributed by atoms with Crippen LogP contribution in [-0.2, 0) is 0 Å². The van der Waals surface area contributed by atoms with Crippen LogP contribution in [0.15, 0.2) is 12.1 Å². The molecule has 0 bridgehead atoms. The van der Waals surface area contributed by atoms with Crippen LogP contribution in [0.4, 0.5) is 0 Å². The van der Waals surface area contributed by atoms with E-state index in [4.69, 9.17) is 4.74 Å². The summed E-state index contributed by atoms with van der Waals surface area (Å²) in [5.74, 6) is 1.07. The van der Waals surface area contributed by atoms with Gasteiger partial charge in [0.1, 0.15) is 5.75 Å². The van der Waals surface area contributed by atoms with Crippen LogP contribution in [0.5, 0.6) is 5.75 Å². The second kappa shape index (κ2) is 12.5. The van der Waals surface area contributed by atoms with Crippen LogP contribution >= 0.6 is 0 Å². The van der Waals surface area contributed by atoms with E-state index in [0.29, 0.717) is 0 Å². The molecule has 0 spiro atoms. The van der Waals surface area contributed by atoms with Crippen molar-refractivity contribution >= 4 is 0 Å². The third-order valence-electron chi connectivity index (χ3n) is 2.35. The standard InChI is InChI=1S/C13H20O.2C2H6/c1-5-6-7-14-13-11(3)8-10(2)9-12(13)4;2*1-2/h8-9H,5-7H2,1-4H3;2*1-2H3. The molecule has 1 aromatic carbocycles. The van der Waals surface area contributed by atoms with Crippen molar-refractivity contribution in [3.8, 4) is 5.75 Å². The molecule has 0 radical (unpaired) electrons. The van der Waals surface area contributed by atoms with Gasteiger partial charge in [-0.1, -0.05) is 58.7 Å². The Bertz CT molecular complexity index is 279. The summed E-state index contributed by atoms with van der Waals surface area (Å²) in [4.78, 5) is 0. The summed E-state index contributed by atoms with van der Waals surface area (Å²) >= 11 is 0. The van der Waals surface area contributed by atoms with E-state index in [1.54, 1.807) is 0 Å². The van der Waals surface area contributed by atoms with Crippen LogP contribution in [0.2, 0.25) is 0 Å². The van der Waals surface area contributed by atoms with E-state index in [9.17, 15) is 0 Å². The average Bonchev–Trinajstić information content (AvgIpc) is 2.37. The normalized spacial score (nSPS) is 8.67. The van der Waals surface area contributed by atoms with Crippen LogP contribution in [0.25, 0.3) is 0 Å². The Labute approximate surface area is 115 Å². The van der Waals surface area contributed by atoms with Gasteiger partial charge in [-0.2, -0.15) is 0 Å². The monoisotopic (exact) mass is 252 g/mol. The van der Waals surface area contributed by atoms with Crippen molar-refractivity contribution in [3.63, 3.8) is 0 Å². The fourth-order valence-corrected chi connectivity index (χ4v) is 1.71. The highest BCUT2D eigenvalue weighted by molar-refractivity contribution is 5.42. The zero-order valence-electron chi connectivity index (χ0n) is 13.7. The molecule has 18 heavy (non-hydrogen) atoms. The maximum Gasteiger partial charge on any atom is 0.125 e. The van der Waals surface area contributed by atoms with E-state index in [0.717, 1.165) is 18.8 Å². The number of unbranched alkanes of at least 4 members (excludes halogenated alkanes) is 1. The lowest BCUT2D eigenvalue weighted by molar-refractivity contribution is 0.305. The van der Waals surface area contributed by atoms with Gasteiger partial charge in [0.25, 0.3) is 0 Å². The molecule has 1 rings (SSSR count). The molecule has 0 saturated carbocycles. The number of ether oxygens (including phenoxy) is 1. The number of rotatable bonds is 4. The third kappa shape index (κ3) is 7.37. The maximum atomic E-state index is 5.76. The van der Waals surface area contributed by atoms with Crippen molar-refractivity contribution in [2.75, 3.05) is 6.61 Å². The number of benzene rings is 1.